The zero-order valence-electron chi connectivity index (χ0n) is 11.4. The highest BCUT2D eigenvalue weighted by molar-refractivity contribution is 5.75. The van der Waals surface area contributed by atoms with E-state index in [1.165, 1.54) is 45.1 Å². The van der Waals surface area contributed by atoms with E-state index in [0.717, 1.165) is 12.0 Å². The van der Waals surface area contributed by atoms with Crippen molar-refractivity contribution in [1.82, 2.24) is 0 Å². The second-order valence-electron chi connectivity index (χ2n) is 5.62. The van der Waals surface area contributed by atoms with Crippen molar-refractivity contribution in [2.45, 2.75) is 51.4 Å². The van der Waals surface area contributed by atoms with Gasteiger partial charge in [-0.3, -0.25) is 4.79 Å². The number of carbonyl (C=O) groups is 1. The number of hydrogen-bond donors (Lipinski definition) is 1. The van der Waals surface area contributed by atoms with E-state index in [4.69, 9.17) is 5.11 Å². The third kappa shape index (κ3) is 3.55. The van der Waals surface area contributed by atoms with Crippen LogP contribution in [0.15, 0.2) is 18.2 Å². The van der Waals surface area contributed by atoms with Crippen LogP contribution in [0.2, 0.25) is 0 Å². The smallest absolute Gasteiger partial charge is 0.310 e. The number of rotatable bonds is 4. The molecule has 3 heteroatoms. The lowest BCUT2D eigenvalue weighted by Gasteiger charge is -2.21. The highest BCUT2D eigenvalue weighted by Crippen LogP contribution is 2.28. The van der Waals surface area contributed by atoms with Crippen LogP contribution in [0.5, 0.6) is 0 Å². The number of halogens is 1. The van der Waals surface area contributed by atoms with E-state index >= 15 is 0 Å². The first kappa shape index (κ1) is 14.0. The van der Waals surface area contributed by atoms with E-state index in [0.29, 0.717) is 5.92 Å². The number of benzene rings is 1. The highest BCUT2D eigenvalue weighted by atomic mass is 19.1. The fourth-order valence-corrected chi connectivity index (χ4v) is 2.91. The van der Waals surface area contributed by atoms with Crippen LogP contribution in [0.1, 0.15) is 56.1 Å². The fourth-order valence-electron chi connectivity index (χ4n) is 2.91. The lowest BCUT2D eigenvalue weighted by Crippen LogP contribution is -2.11. The second kappa shape index (κ2) is 6.18. The maximum absolute atomic E-state index is 14.0. The van der Waals surface area contributed by atoms with Crippen LogP contribution in [0.25, 0.3) is 0 Å². The van der Waals surface area contributed by atoms with Crippen LogP contribution < -0.4 is 0 Å². The standard InChI is InChI=1S/C16H21FO2/c1-11(16(18)19)14-8-7-13(10-15(14)17)9-12-5-3-2-4-6-12/h7-8,10-12H,2-6,9H2,1H3,(H,18,19). The van der Waals surface area contributed by atoms with E-state index in [1.54, 1.807) is 6.07 Å². The monoisotopic (exact) mass is 264 g/mol. The van der Waals surface area contributed by atoms with Gasteiger partial charge in [0.25, 0.3) is 0 Å². The molecule has 0 aromatic heterocycles. The zero-order valence-corrected chi connectivity index (χ0v) is 11.4. The second-order valence-corrected chi connectivity index (χ2v) is 5.62. The molecule has 1 aromatic carbocycles. The zero-order chi connectivity index (χ0) is 13.8. The van der Waals surface area contributed by atoms with Crippen molar-refractivity contribution >= 4 is 5.97 Å². The summed E-state index contributed by atoms with van der Waals surface area (Å²) in [5.74, 6) is -1.50. The molecular formula is C16H21FO2. The average Bonchev–Trinajstić information content (AvgIpc) is 2.39. The van der Waals surface area contributed by atoms with Gasteiger partial charge in [0.1, 0.15) is 5.82 Å². The predicted octanol–water partition coefficient (Wildman–Crippen LogP) is 4.14. The summed E-state index contributed by atoms with van der Waals surface area (Å²) in [6.07, 6.45) is 7.25. The van der Waals surface area contributed by atoms with Gasteiger partial charge >= 0.3 is 5.97 Å². The fraction of sp³-hybridized carbons (Fsp3) is 0.562. The minimum atomic E-state index is -0.987. The topological polar surface area (TPSA) is 37.3 Å². The lowest BCUT2D eigenvalue weighted by molar-refractivity contribution is -0.138. The van der Waals surface area contributed by atoms with Crippen LogP contribution in [-0.4, -0.2) is 11.1 Å². The van der Waals surface area contributed by atoms with Gasteiger partial charge in [-0.15, -0.1) is 0 Å². The third-order valence-corrected chi connectivity index (χ3v) is 4.15. The molecule has 19 heavy (non-hydrogen) atoms. The van der Waals surface area contributed by atoms with Crippen molar-refractivity contribution in [2.24, 2.45) is 5.92 Å². The van der Waals surface area contributed by atoms with Crippen molar-refractivity contribution in [3.8, 4) is 0 Å². The molecule has 0 amide bonds. The molecule has 1 aliphatic carbocycles. The van der Waals surface area contributed by atoms with Gasteiger partial charge < -0.3 is 5.11 Å². The molecule has 0 spiro atoms. The van der Waals surface area contributed by atoms with Crippen LogP contribution in [0.4, 0.5) is 4.39 Å². The van der Waals surface area contributed by atoms with Crippen molar-refractivity contribution in [3.63, 3.8) is 0 Å². The molecule has 0 heterocycles. The molecule has 1 aliphatic rings. The molecule has 0 radical (unpaired) electrons. The van der Waals surface area contributed by atoms with Crippen molar-refractivity contribution < 1.29 is 14.3 Å². The van der Waals surface area contributed by atoms with Crippen LogP contribution in [0.3, 0.4) is 0 Å². The molecule has 1 atom stereocenters. The van der Waals surface area contributed by atoms with Gasteiger partial charge in [-0.25, -0.2) is 4.39 Å². The average molecular weight is 264 g/mol. The van der Waals surface area contributed by atoms with Crippen molar-refractivity contribution in [1.29, 1.82) is 0 Å². The molecule has 2 rings (SSSR count). The van der Waals surface area contributed by atoms with Gasteiger partial charge in [0.15, 0.2) is 0 Å². The first-order valence-electron chi connectivity index (χ1n) is 7.09. The van der Waals surface area contributed by atoms with E-state index in [2.05, 4.69) is 0 Å². The Kier molecular flexibility index (Phi) is 4.56. The first-order valence-corrected chi connectivity index (χ1v) is 7.09. The summed E-state index contributed by atoms with van der Waals surface area (Å²) in [5, 5.41) is 8.92. The normalized spacial score (nSPS) is 18.2. The summed E-state index contributed by atoms with van der Waals surface area (Å²) in [7, 11) is 0. The minimum Gasteiger partial charge on any atom is -0.481 e. The molecule has 0 bridgehead atoms. The van der Waals surface area contributed by atoms with Crippen LogP contribution >= 0.6 is 0 Å². The Morgan fingerprint density at radius 1 is 1.37 bits per heavy atom. The Labute approximate surface area is 113 Å². The molecule has 0 aliphatic heterocycles. The van der Waals surface area contributed by atoms with E-state index in [9.17, 15) is 9.18 Å². The molecular weight excluding hydrogens is 243 g/mol. The molecule has 0 saturated heterocycles. The Bertz CT molecular complexity index is 450. The largest absolute Gasteiger partial charge is 0.481 e. The van der Waals surface area contributed by atoms with Gasteiger partial charge in [-0.05, 0) is 30.9 Å². The summed E-state index contributed by atoms with van der Waals surface area (Å²) in [5.41, 5.74) is 1.27. The Hall–Kier alpha value is -1.38. The van der Waals surface area contributed by atoms with E-state index in [-0.39, 0.29) is 11.4 Å². The molecule has 1 saturated carbocycles. The molecule has 104 valence electrons. The van der Waals surface area contributed by atoms with Crippen LogP contribution in [0, 0.1) is 11.7 Å². The van der Waals surface area contributed by atoms with Crippen LogP contribution in [-0.2, 0) is 11.2 Å². The Morgan fingerprint density at radius 3 is 2.63 bits per heavy atom. The van der Waals surface area contributed by atoms with E-state index < -0.39 is 11.9 Å². The SMILES string of the molecule is CC(C(=O)O)c1ccc(CC2CCCCC2)cc1F. The molecule has 1 aromatic rings. The van der Waals surface area contributed by atoms with Gasteiger partial charge in [0.2, 0.25) is 0 Å². The first-order chi connectivity index (χ1) is 9.08. The Morgan fingerprint density at radius 2 is 2.05 bits per heavy atom. The quantitative estimate of drug-likeness (QED) is 0.887. The summed E-state index contributed by atoms with van der Waals surface area (Å²) in [6.45, 7) is 1.52. The summed E-state index contributed by atoms with van der Waals surface area (Å²) in [4.78, 5) is 10.9. The maximum Gasteiger partial charge on any atom is 0.310 e. The van der Waals surface area contributed by atoms with Gasteiger partial charge in [0, 0.05) is 5.56 Å². The number of hydrogen-bond acceptors (Lipinski definition) is 1. The minimum absolute atomic E-state index is 0.278. The van der Waals surface area contributed by atoms with Gasteiger partial charge in [0.05, 0.1) is 5.92 Å². The molecule has 1 N–H and O–H groups in total. The Balaban J connectivity index is 2.07. The third-order valence-electron chi connectivity index (χ3n) is 4.15. The number of aliphatic carboxylic acids is 1. The predicted molar refractivity (Wildman–Crippen MR) is 72.7 cm³/mol. The van der Waals surface area contributed by atoms with Crippen molar-refractivity contribution in [3.05, 3.63) is 35.1 Å². The summed E-state index contributed by atoms with van der Waals surface area (Å²) in [6, 6.07) is 5.03. The molecule has 2 nitrogen and oxygen atoms in total. The maximum atomic E-state index is 14.0. The van der Waals surface area contributed by atoms with Crippen molar-refractivity contribution in [2.75, 3.05) is 0 Å². The molecule has 1 unspecified atom stereocenters. The molecule has 1 fully saturated rings. The van der Waals surface area contributed by atoms with Gasteiger partial charge in [-0.1, -0.05) is 44.2 Å². The van der Waals surface area contributed by atoms with E-state index in [1.807, 2.05) is 6.07 Å². The number of carboxylic acid groups (broad SMARTS) is 1. The summed E-state index contributed by atoms with van der Waals surface area (Å²) >= 11 is 0. The highest BCUT2D eigenvalue weighted by Gasteiger charge is 2.19. The number of carboxylic acids is 1. The summed E-state index contributed by atoms with van der Waals surface area (Å²) < 4.78 is 14.0. The lowest BCUT2D eigenvalue weighted by atomic mass is 9.84. The van der Waals surface area contributed by atoms with Gasteiger partial charge in [-0.2, -0.15) is 0 Å².